The monoisotopic (exact) mass is 367 g/mol. The molecule has 0 bridgehead atoms. The second kappa shape index (κ2) is 6.99. The third-order valence-corrected chi connectivity index (χ3v) is 2.68. The van der Waals surface area contributed by atoms with E-state index in [1.165, 1.54) is 12.1 Å². The highest BCUT2D eigenvalue weighted by atomic mass is 19.4. The molecule has 2 aromatic carbocycles. The van der Waals surface area contributed by atoms with E-state index < -0.39 is 42.3 Å². The molecule has 0 spiro atoms. The number of benzene rings is 2. The zero-order valence-corrected chi connectivity index (χ0v) is 12.1. The second-order valence-corrected chi connectivity index (χ2v) is 4.62. The van der Waals surface area contributed by atoms with Crippen LogP contribution in [0.25, 0.3) is 0 Å². The summed E-state index contributed by atoms with van der Waals surface area (Å²) in [6.45, 7) is -0.470. The Morgan fingerprint density at radius 2 is 1.48 bits per heavy atom. The Kier molecular flexibility index (Phi) is 5.19. The molecule has 135 valence electrons. The Morgan fingerprint density at radius 3 is 2.12 bits per heavy atom. The van der Waals surface area contributed by atoms with Gasteiger partial charge in [0.15, 0.2) is 5.75 Å². The molecule has 25 heavy (non-hydrogen) atoms. The Balaban J connectivity index is 2.15. The highest BCUT2D eigenvalue weighted by molar-refractivity contribution is 5.50. The van der Waals surface area contributed by atoms with Gasteiger partial charge in [0.25, 0.3) is 0 Å². The summed E-state index contributed by atoms with van der Waals surface area (Å²) >= 11 is 0. The van der Waals surface area contributed by atoms with E-state index >= 15 is 0 Å². The van der Waals surface area contributed by atoms with Crippen molar-refractivity contribution in [1.82, 2.24) is 0 Å². The standard InChI is InChI=1S/C15H9F6O4/c16-14(17,18)24-10-4-1-3-9(7-10)8-23-13-11(22)5-2-6-12(13)25-15(19,20)21/h1-7H,8H2. The lowest BCUT2D eigenvalue weighted by Crippen LogP contribution is -2.18. The molecular weight excluding hydrogens is 358 g/mol. The van der Waals surface area contributed by atoms with Gasteiger partial charge in [-0.25, -0.2) is 0 Å². The molecule has 0 unspecified atom stereocenters. The maximum absolute atomic E-state index is 12.3. The summed E-state index contributed by atoms with van der Waals surface area (Å²) in [5.41, 5.74) is 0.142. The number of rotatable bonds is 5. The van der Waals surface area contributed by atoms with Crippen molar-refractivity contribution in [2.45, 2.75) is 19.3 Å². The molecule has 0 aliphatic rings. The summed E-state index contributed by atoms with van der Waals surface area (Å²) in [6, 6.07) is 7.49. The first-order valence-electron chi connectivity index (χ1n) is 6.57. The largest absolute Gasteiger partial charge is 0.573 e. The molecule has 0 saturated carbocycles. The van der Waals surface area contributed by atoms with Crippen LogP contribution < -0.4 is 14.2 Å². The van der Waals surface area contributed by atoms with E-state index in [0.29, 0.717) is 0 Å². The van der Waals surface area contributed by atoms with Gasteiger partial charge in [0.2, 0.25) is 11.5 Å². The number of ether oxygens (including phenoxy) is 3. The van der Waals surface area contributed by atoms with Gasteiger partial charge in [0.05, 0.1) is 0 Å². The Morgan fingerprint density at radius 1 is 0.840 bits per heavy atom. The lowest BCUT2D eigenvalue weighted by Gasteiger charge is -2.15. The van der Waals surface area contributed by atoms with Crippen molar-refractivity contribution >= 4 is 0 Å². The molecule has 0 saturated heterocycles. The minimum absolute atomic E-state index is 0.142. The van der Waals surface area contributed by atoms with E-state index in [-0.39, 0.29) is 5.56 Å². The lowest BCUT2D eigenvalue weighted by atomic mass is 10.2. The lowest BCUT2D eigenvalue weighted by molar-refractivity contribution is -0.275. The van der Waals surface area contributed by atoms with Crippen LogP contribution in [0.15, 0.2) is 42.5 Å². The van der Waals surface area contributed by atoms with Crippen LogP contribution in [0.3, 0.4) is 0 Å². The molecule has 0 aliphatic carbocycles. The average Bonchev–Trinajstić information content (AvgIpc) is 2.43. The van der Waals surface area contributed by atoms with Crippen LogP contribution in [-0.4, -0.2) is 12.7 Å². The fraction of sp³-hybridized carbons (Fsp3) is 0.200. The summed E-state index contributed by atoms with van der Waals surface area (Å²) in [5.74, 6) is -2.95. The van der Waals surface area contributed by atoms with Crippen LogP contribution in [-0.2, 0) is 11.7 Å². The molecule has 0 amide bonds. The third-order valence-electron chi connectivity index (χ3n) is 2.68. The summed E-state index contributed by atoms with van der Waals surface area (Å²) < 4.78 is 85.9. The zero-order chi connectivity index (χ0) is 18.7. The van der Waals surface area contributed by atoms with Crippen molar-refractivity contribution in [2.24, 2.45) is 0 Å². The average molecular weight is 367 g/mol. The minimum atomic E-state index is -5.04. The first kappa shape index (κ1) is 18.6. The third kappa shape index (κ3) is 5.98. The van der Waals surface area contributed by atoms with Gasteiger partial charge in [0.1, 0.15) is 12.4 Å². The van der Waals surface area contributed by atoms with Gasteiger partial charge in [-0.2, -0.15) is 0 Å². The molecule has 0 atom stereocenters. The summed E-state index contributed by atoms with van der Waals surface area (Å²) in [6.07, 6.45) is -9.93. The quantitative estimate of drug-likeness (QED) is 0.682. The van der Waals surface area contributed by atoms with Crippen molar-refractivity contribution in [3.05, 3.63) is 48.0 Å². The SMILES string of the molecule is [O]c1cccc(OC(F)(F)F)c1OCc1cccc(OC(F)(F)F)c1. The van der Waals surface area contributed by atoms with Crippen LogP contribution in [0.4, 0.5) is 26.3 Å². The fourth-order valence-electron chi connectivity index (χ4n) is 1.83. The normalized spacial score (nSPS) is 11.9. The van der Waals surface area contributed by atoms with E-state index in [1.807, 2.05) is 0 Å². The molecule has 0 aromatic heterocycles. The Labute approximate surface area is 137 Å². The molecule has 0 aliphatic heterocycles. The number of hydrogen-bond acceptors (Lipinski definition) is 3. The molecule has 10 heteroatoms. The topological polar surface area (TPSA) is 47.6 Å². The smallest absolute Gasteiger partial charge is 0.481 e. The van der Waals surface area contributed by atoms with Gasteiger partial charge in [-0.05, 0) is 29.8 Å². The zero-order valence-electron chi connectivity index (χ0n) is 12.1. The van der Waals surface area contributed by atoms with Crippen molar-refractivity contribution in [3.63, 3.8) is 0 Å². The van der Waals surface area contributed by atoms with Crippen LogP contribution in [0.5, 0.6) is 23.0 Å². The molecule has 1 radical (unpaired) electrons. The summed E-state index contributed by atoms with van der Waals surface area (Å²) in [5, 5.41) is 11.7. The predicted molar refractivity (Wildman–Crippen MR) is 70.7 cm³/mol. The Bertz CT molecular complexity index is 727. The van der Waals surface area contributed by atoms with Crippen LogP contribution in [0.2, 0.25) is 0 Å². The molecule has 2 rings (SSSR count). The molecule has 0 N–H and O–H groups in total. The summed E-state index contributed by atoms with van der Waals surface area (Å²) in [7, 11) is 0. The van der Waals surface area contributed by atoms with Crippen molar-refractivity contribution in [3.8, 4) is 23.0 Å². The number of para-hydroxylation sites is 1. The maximum atomic E-state index is 12.3. The molecule has 0 heterocycles. The van der Waals surface area contributed by atoms with Crippen LogP contribution in [0.1, 0.15) is 5.56 Å². The minimum Gasteiger partial charge on any atom is -0.481 e. The highest BCUT2D eigenvalue weighted by Gasteiger charge is 2.33. The van der Waals surface area contributed by atoms with E-state index in [4.69, 9.17) is 4.74 Å². The van der Waals surface area contributed by atoms with Crippen molar-refractivity contribution in [1.29, 1.82) is 0 Å². The van der Waals surface area contributed by atoms with Gasteiger partial charge in [-0.3, -0.25) is 5.11 Å². The highest BCUT2D eigenvalue weighted by Crippen LogP contribution is 2.40. The first-order valence-corrected chi connectivity index (χ1v) is 6.57. The van der Waals surface area contributed by atoms with Crippen LogP contribution >= 0.6 is 0 Å². The van der Waals surface area contributed by atoms with E-state index in [1.54, 1.807) is 0 Å². The van der Waals surface area contributed by atoms with Crippen molar-refractivity contribution < 1.29 is 45.7 Å². The van der Waals surface area contributed by atoms with E-state index in [0.717, 1.165) is 30.3 Å². The van der Waals surface area contributed by atoms with Gasteiger partial charge < -0.3 is 14.2 Å². The molecule has 4 nitrogen and oxygen atoms in total. The predicted octanol–water partition coefficient (Wildman–Crippen LogP) is 5.21. The van der Waals surface area contributed by atoms with Crippen molar-refractivity contribution in [2.75, 3.05) is 0 Å². The van der Waals surface area contributed by atoms with E-state index in [2.05, 4.69) is 9.47 Å². The first-order chi connectivity index (χ1) is 11.5. The molecule has 2 aromatic rings. The second-order valence-electron chi connectivity index (χ2n) is 4.62. The van der Waals surface area contributed by atoms with Crippen LogP contribution in [0, 0.1) is 0 Å². The maximum Gasteiger partial charge on any atom is 0.573 e. The van der Waals surface area contributed by atoms with Gasteiger partial charge in [-0.15, -0.1) is 26.3 Å². The van der Waals surface area contributed by atoms with E-state index in [9.17, 15) is 31.4 Å². The molecule has 0 fully saturated rings. The number of alkyl halides is 6. The summed E-state index contributed by atoms with van der Waals surface area (Å²) in [4.78, 5) is 0. The molecular formula is C15H9F6O4. The number of hydrogen-bond donors (Lipinski definition) is 0. The Hall–Kier alpha value is -2.78. The van der Waals surface area contributed by atoms with Gasteiger partial charge in [-0.1, -0.05) is 18.2 Å². The van der Waals surface area contributed by atoms with Gasteiger partial charge >= 0.3 is 12.7 Å². The van der Waals surface area contributed by atoms with Gasteiger partial charge in [0, 0.05) is 0 Å². The number of halogens is 6. The fourth-order valence-corrected chi connectivity index (χ4v) is 1.83.